The number of nitrogens with zero attached hydrogens (tertiary/aromatic N) is 1. The minimum absolute atomic E-state index is 0.0562. The van der Waals surface area contributed by atoms with Crippen LogP contribution in [0.25, 0.3) is 0 Å². The van der Waals surface area contributed by atoms with Crippen LogP contribution in [-0.4, -0.2) is 47.7 Å². The van der Waals surface area contributed by atoms with Crippen molar-refractivity contribution in [2.75, 3.05) is 25.0 Å². The van der Waals surface area contributed by atoms with Gasteiger partial charge in [-0.05, 0) is 31.0 Å². The fourth-order valence-electron chi connectivity index (χ4n) is 2.48. The SMILES string of the molecule is O=C(O)CCNC(=O)N1CCCC(Nc2cccc(Br)c2)C1. The van der Waals surface area contributed by atoms with Gasteiger partial charge in [-0.25, -0.2) is 4.79 Å². The second kappa shape index (κ2) is 8.03. The topological polar surface area (TPSA) is 81.7 Å². The molecular formula is C15H20BrN3O3. The molecule has 1 unspecified atom stereocenters. The number of carbonyl (C=O) groups is 2. The normalized spacial score (nSPS) is 17.9. The molecule has 0 radical (unpaired) electrons. The predicted molar refractivity (Wildman–Crippen MR) is 88.0 cm³/mol. The highest BCUT2D eigenvalue weighted by molar-refractivity contribution is 9.10. The fourth-order valence-corrected chi connectivity index (χ4v) is 2.88. The zero-order chi connectivity index (χ0) is 15.9. The van der Waals surface area contributed by atoms with E-state index < -0.39 is 5.97 Å². The maximum Gasteiger partial charge on any atom is 0.317 e. The molecule has 0 saturated carbocycles. The van der Waals surface area contributed by atoms with Crippen molar-refractivity contribution in [3.05, 3.63) is 28.7 Å². The van der Waals surface area contributed by atoms with E-state index in [9.17, 15) is 9.59 Å². The van der Waals surface area contributed by atoms with Crippen LogP contribution >= 0.6 is 15.9 Å². The highest BCUT2D eigenvalue weighted by Gasteiger charge is 2.23. The Bertz CT molecular complexity index is 539. The first-order chi connectivity index (χ1) is 10.5. The third-order valence-corrected chi connectivity index (χ3v) is 4.01. The summed E-state index contributed by atoms with van der Waals surface area (Å²) in [6.45, 7) is 1.48. The third kappa shape index (κ3) is 5.22. The highest BCUT2D eigenvalue weighted by atomic mass is 79.9. The van der Waals surface area contributed by atoms with Gasteiger partial charge in [0, 0.05) is 35.8 Å². The molecule has 1 atom stereocenters. The molecule has 1 aliphatic heterocycles. The summed E-state index contributed by atoms with van der Waals surface area (Å²) < 4.78 is 1.01. The molecule has 0 spiro atoms. The monoisotopic (exact) mass is 369 g/mol. The molecule has 0 aliphatic carbocycles. The van der Waals surface area contributed by atoms with Gasteiger partial charge in [0.2, 0.25) is 0 Å². The van der Waals surface area contributed by atoms with Gasteiger partial charge in [-0.15, -0.1) is 0 Å². The zero-order valence-corrected chi connectivity index (χ0v) is 13.8. The number of likely N-dealkylation sites (tertiary alicyclic amines) is 1. The molecule has 1 aromatic rings. The van der Waals surface area contributed by atoms with E-state index in [-0.39, 0.29) is 25.0 Å². The number of hydrogen-bond acceptors (Lipinski definition) is 3. The van der Waals surface area contributed by atoms with Crippen molar-refractivity contribution in [2.45, 2.75) is 25.3 Å². The highest BCUT2D eigenvalue weighted by Crippen LogP contribution is 2.19. The summed E-state index contributed by atoms with van der Waals surface area (Å²) in [5.74, 6) is -0.909. The molecule has 6 nitrogen and oxygen atoms in total. The number of carboxylic acids is 1. The smallest absolute Gasteiger partial charge is 0.317 e. The summed E-state index contributed by atoms with van der Waals surface area (Å²) in [5, 5.41) is 14.7. The number of carbonyl (C=O) groups excluding carboxylic acids is 1. The molecule has 0 aromatic heterocycles. The average Bonchev–Trinajstić information content (AvgIpc) is 2.47. The number of hydrogen-bond donors (Lipinski definition) is 3. The number of benzene rings is 1. The molecule has 1 heterocycles. The van der Waals surface area contributed by atoms with Gasteiger partial charge in [-0.3, -0.25) is 4.79 Å². The number of aliphatic carboxylic acids is 1. The van der Waals surface area contributed by atoms with E-state index in [1.54, 1.807) is 4.90 Å². The number of piperidine rings is 1. The van der Waals surface area contributed by atoms with Gasteiger partial charge in [0.1, 0.15) is 0 Å². The third-order valence-electron chi connectivity index (χ3n) is 3.52. The van der Waals surface area contributed by atoms with Crippen LogP contribution < -0.4 is 10.6 Å². The summed E-state index contributed by atoms with van der Waals surface area (Å²) in [6.07, 6.45) is 1.88. The summed E-state index contributed by atoms with van der Waals surface area (Å²) >= 11 is 3.44. The molecule has 2 amide bonds. The van der Waals surface area contributed by atoms with Gasteiger partial charge in [-0.1, -0.05) is 22.0 Å². The lowest BCUT2D eigenvalue weighted by Crippen LogP contribution is -2.49. The maximum absolute atomic E-state index is 12.0. The Morgan fingerprint density at radius 1 is 1.41 bits per heavy atom. The van der Waals surface area contributed by atoms with Crippen LogP contribution in [0.2, 0.25) is 0 Å². The average molecular weight is 370 g/mol. The van der Waals surface area contributed by atoms with Crippen LogP contribution in [0.15, 0.2) is 28.7 Å². The number of nitrogens with one attached hydrogen (secondary N) is 2. The number of urea groups is 1. The summed E-state index contributed by atoms with van der Waals surface area (Å²) in [4.78, 5) is 24.2. The van der Waals surface area contributed by atoms with Gasteiger partial charge in [0.15, 0.2) is 0 Å². The maximum atomic E-state index is 12.0. The van der Waals surface area contributed by atoms with Crippen LogP contribution in [0.5, 0.6) is 0 Å². The fraction of sp³-hybridized carbons (Fsp3) is 0.467. The summed E-state index contributed by atoms with van der Waals surface area (Å²) in [5.41, 5.74) is 1.02. The van der Waals surface area contributed by atoms with E-state index in [4.69, 9.17) is 5.11 Å². The molecule has 0 bridgehead atoms. The molecule has 1 fully saturated rings. The lowest BCUT2D eigenvalue weighted by atomic mass is 10.1. The Morgan fingerprint density at radius 2 is 2.23 bits per heavy atom. The van der Waals surface area contributed by atoms with Crippen LogP contribution in [-0.2, 0) is 4.79 Å². The Morgan fingerprint density at radius 3 is 2.95 bits per heavy atom. The van der Waals surface area contributed by atoms with Gasteiger partial charge >= 0.3 is 12.0 Å². The van der Waals surface area contributed by atoms with Crippen molar-refractivity contribution in [1.82, 2.24) is 10.2 Å². The first kappa shape index (κ1) is 16.6. The first-order valence-electron chi connectivity index (χ1n) is 7.31. The second-order valence-electron chi connectivity index (χ2n) is 5.32. The van der Waals surface area contributed by atoms with Crippen molar-refractivity contribution >= 4 is 33.6 Å². The number of rotatable bonds is 5. The lowest BCUT2D eigenvalue weighted by molar-refractivity contribution is -0.136. The van der Waals surface area contributed by atoms with Crippen LogP contribution in [0.4, 0.5) is 10.5 Å². The summed E-state index contributed by atoms with van der Waals surface area (Å²) in [7, 11) is 0. The quantitative estimate of drug-likeness (QED) is 0.744. The van der Waals surface area contributed by atoms with Crippen molar-refractivity contribution < 1.29 is 14.7 Å². The van der Waals surface area contributed by atoms with Crippen molar-refractivity contribution in [3.63, 3.8) is 0 Å². The number of halogens is 1. The van der Waals surface area contributed by atoms with Gasteiger partial charge < -0.3 is 20.6 Å². The largest absolute Gasteiger partial charge is 0.481 e. The molecule has 22 heavy (non-hydrogen) atoms. The Labute approximate surface area is 138 Å². The minimum Gasteiger partial charge on any atom is -0.481 e. The first-order valence-corrected chi connectivity index (χ1v) is 8.10. The molecule has 3 N–H and O–H groups in total. The minimum atomic E-state index is -0.909. The predicted octanol–water partition coefficient (Wildman–Crippen LogP) is 2.51. The molecule has 120 valence electrons. The Kier molecular flexibility index (Phi) is 6.06. The molecule has 1 aromatic carbocycles. The van der Waals surface area contributed by atoms with Crippen molar-refractivity contribution in [1.29, 1.82) is 0 Å². The number of anilines is 1. The van der Waals surface area contributed by atoms with Crippen LogP contribution in [0.1, 0.15) is 19.3 Å². The van der Waals surface area contributed by atoms with E-state index in [0.29, 0.717) is 13.1 Å². The van der Waals surface area contributed by atoms with E-state index in [2.05, 4.69) is 26.6 Å². The summed E-state index contributed by atoms with van der Waals surface area (Å²) in [6, 6.07) is 7.94. The van der Waals surface area contributed by atoms with E-state index in [1.807, 2.05) is 24.3 Å². The molecule has 7 heteroatoms. The van der Waals surface area contributed by atoms with Crippen LogP contribution in [0, 0.1) is 0 Å². The Hall–Kier alpha value is -1.76. The van der Waals surface area contributed by atoms with Gasteiger partial charge in [-0.2, -0.15) is 0 Å². The van der Waals surface area contributed by atoms with E-state index >= 15 is 0 Å². The molecular weight excluding hydrogens is 350 g/mol. The van der Waals surface area contributed by atoms with Crippen molar-refractivity contribution in [3.8, 4) is 0 Å². The Balaban J connectivity index is 1.83. The van der Waals surface area contributed by atoms with Crippen LogP contribution in [0.3, 0.4) is 0 Å². The zero-order valence-electron chi connectivity index (χ0n) is 12.2. The number of carboxylic acid groups (broad SMARTS) is 1. The van der Waals surface area contributed by atoms with E-state index in [0.717, 1.165) is 23.0 Å². The van der Waals surface area contributed by atoms with Gasteiger partial charge in [0.05, 0.1) is 6.42 Å². The molecule has 1 aliphatic rings. The van der Waals surface area contributed by atoms with Crippen molar-refractivity contribution in [2.24, 2.45) is 0 Å². The molecule has 1 saturated heterocycles. The van der Waals surface area contributed by atoms with Gasteiger partial charge in [0.25, 0.3) is 0 Å². The molecule has 2 rings (SSSR count). The number of amides is 2. The lowest BCUT2D eigenvalue weighted by Gasteiger charge is -2.33. The standard InChI is InChI=1S/C15H20BrN3O3/c16-11-3-1-4-12(9-11)18-13-5-2-8-19(10-13)15(22)17-7-6-14(20)21/h1,3-4,9,13,18H,2,5-8,10H2,(H,17,22)(H,20,21). The van der Waals surface area contributed by atoms with E-state index in [1.165, 1.54) is 0 Å². The second-order valence-corrected chi connectivity index (χ2v) is 6.23.